The lowest BCUT2D eigenvalue weighted by Crippen LogP contribution is -2.42. The molecule has 1 rings (SSSR count). The van der Waals surface area contributed by atoms with Crippen LogP contribution in [-0.2, 0) is 0 Å². The third-order valence-electron chi connectivity index (χ3n) is 4.83. The highest BCUT2D eigenvalue weighted by atomic mass is 16.3. The van der Waals surface area contributed by atoms with Gasteiger partial charge in [0.1, 0.15) is 0 Å². The molecule has 5 unspecified atom stereocenters. The van der Waals surface area contributed by atoms with Gasteiger partial charge in [-0.3, -0.25) is 0 Å². The molecule has 1 aliphatic carbocycles. The fraction of sp³-hybridized carbons (Fsp3) is 1.00. The molecule has 0 aromatic rings. The van der Waals surface area contributed by atoms with E-state index in [1.54, 1.807) is 0 Å². The van der Waals surface area contributed by atoms with Gasteiger partial charge < -0.3 is 5.11 Å². The molecule has 0 heterocycles. The van der Waals surface area contributed by atoms with Gasteiger partial charge in [-0.25, -0.2) is 0 Å². The molecule has 1 N–H and O–H groups in total. The van der Waals surface area contributed by atoms with E-state index in [4.69, 9.17) is 0 Å². The monoisotopic (exact) mass is 226 g/mol. The van der Waals surface area contributed by atoms with Gasteiger partial charge in [0, 0.05) is 0 Å². The van der Waals surface area contributed by atoms with Crippen molar-refractivity contribution in [1.82, 2.24) is 0 Å². The summed E-state index contributed by atoms with van der Waals surface area (Å²) >= 11 is 0. The SMILES string of the molecule is CCC1CC(C)CC(C(C)C(C)(C)C)C1O. The highest BCUT2D eigenvalue weighted by Gasteiger charge is 2.40. The van der Waals surface area contributed by atoms with Crippen molar-refractivity contribution in [2.24, 2.45) is 29.1 Å². The van der Waals surface area contributed by atoms with Crippen LogP contribution in [0.5, 0.6) is 0 Å². The summed E-state index contributed by atoms with van der Waals surface area (Å²) in [4.78, 5) is 0. The smallest absolute Gasteiger partial charge is 0.0599 e. The maximum absolute atomic E-state index is 10.5. The first-order valence-electron chi connectivity index (χ1n) is 6.95. The van der Waals surface area contributed by atoms with Gasteiger partial charge >= 0.3 is 0 Å². The third kappa shape index (κ3) is 3.00. The first-order valence-corrected chi connectivity index (χ1v) is 6.95. The van der Waals surface area contributed by atoms with Crippen LogP contribution in [0.25, 0.3) is 0 Å². The summed E-state index contributed by atoms with van der Waals surface area (Å²) in [5.74, 6) is 2.40. The maximum Gasteiger partial charge on any atom is 0.0599 e. The first kappa shape index (κ1) is 14.0. The lowest BCUT2D eigenvalue weighted by Gasteiger charge is -2.44. The van der Waals surface area contributed by atoms with Crippen LogP contribution in [0.3, 0.4) is 0 Å². The molecule has 0 aromatic carbocycles. The van der Waals surface area contributed by atoms with Gasteiger partial charge in [0.25, 0.3) is 0 Å². The maximum atomic E-state index is 10.5. The van der Waals surface area contributed by atoms with E-state index in [1.165, 1.54) is 12.8 Å². The Labute approximate surface area is 102 Å². The molecule has 1 heteroatoms. The van der Waals surface area contributed by atoms with Gasteiger partial charge in [-0.15, -0.1) is 0 Å². The first-order chi connectivity index (χ1) is 7.27. The fourth-order valence-electron chi connectivity index (χ4n) is 3.26. The molecule has 0 amide bonds. The molecule has 0 aliphatic heterocycles. The highest BCUT2D eigenvalue weighted by molar-refractivity contribution is 4.90. The van der Waals surface area contributed by atoms with Crippen LogP contribution >= 0.6 is 0 Å². The van der Waals surface area contributed by atoms with Crippen molar-refractivity contribution in [2.45, 2.75) is 66.9 Å². The van der Waals surface area contributed by atoms with E-state index in [2.05, 4.69) is 41.5 Å². The summed E-state index contributed by atoms with van der Waals surface area (Å²) in [5, 5.41) is 10.5. The molecule has 0 spiro atoms. The van der Waals surface area contributed by atoms with Crippen LogP contribution in [0.4, 0.5) is 0 Å². The highest BCUT2D eigenvalue weighted by Crippen LogP contribution is 2.44. The minimum Gasteiger partial charge on any atom is -0.393 e. The van der Waals surface area contributed by atoms with E-state index >= 15 is 0 Å². The normalized spacial score (nSPS) is 38.4. The third-order valence-corrected chi connectivity index (χ3v) is 4.83. The molecule has 96 valence electrons. The largest absolute Gasteiger partial charge is 0.393 e. The summed E-state index contributed by atoms with van der Waals surface area (Å²) in [6.45, 7) is 13.8. The van der Waals surface area contributed by atoms with E-state index in [0.29, 0.717) is 23.2 Å². The van der Waals surface area contributed by atoms with Crippen molar-refractivity contribution in [1.29, 1.82) is 0 Å². The molecule has 0 radical (unpaired) electrons. The average molecular weight is 226 g/mol. The second-order valence-corrected chi connectivity index (χ2v) is 7.05. The Hall–Kier alpha value is -0.0400. The molecule has 16 heavy (non-hydrogen) atoms. The van der Waals surface area contributed by atoms with E-state index in [-0.39, 0.29) is 6.10 Å². The Morgan fingerprint density at radius 3 is 2.25 bits per heavy atom. The lowest BCUT2D eigenvalue weighted by atomic mass is 9.63. The molecule has 1 nitrogen and oxygen atoms in total. The van der Waals surface area contributed by atoms with Crippen molar-refractivity contribution in [3.05, 3.63) is 0 Å². The zero-order chi connectivity index (χ0) is 12.5. The molecule has 0 bridgehead atoms. The minimum absolute atomic E-state index is 0.0737. The van der Waals surface area contributed by atoms with Crippen LogP contribution in [0.2, 0.25) is 0 Å². The molecular formula is C15H30O. The minimum atomic E-state index is -0.0737. The molecule has 1 aliphatic rings. The second kappa shape index (κ2) is 5.08. The molecule has 5 atom stereocenters. The predicted octanol–water partition coefficient (Wildman–Crippen LogP) is 4.10. The standard InChI is InChI=1S/C15H30O/c1-7-12-8-10(2)9-13(14(12)16)11(3)15(4,5)6/h10-14,16H,7-9H2,1-6H3. The van der Waals surface area contributed by atoms with E-state index < -0.39 is 0 Å². The lowest BCUT2D eigenvalue weighted by molar-refractivity contribution is -0.0459. The predicted molar refractivity (Wildman–Crippen MR) is 70.3 cm³/mol. The number of rotatable bonds is 2. The van der Waals surface area contributed by atoms with Crippen LogP contribution < -0.4 is 0 Å². The summed E-state index contributed by atoms with van der Waals surface area (Å²) < 4.78 is 0. The number of hydrogen-bond acceptors (Lipinski definition) is 1. The van der Waals surface area contributed by atoms with Gasteiger partial charge in [0.05, 0.1) is 6.10 Å². The number of hydrogen-bond donors (Lipinski definition) is 1. The Morgan fingerprint density at radius 1 is 1.25 bits per heavy atom. The Morgan fingerprint density at radius 2 is 1.81 bits per heavy atom. The van der Waals surface area contributed by atoms with Crippen LogP contribution in [0.15, 0.2) is 0 Å². The van der Waals surface area contributed by atoms with Crippen LogP contribution in [-0.4, -0.2) is 11.2 Å². The van der Waals surface area contributed by atoms with Crippen molar-refractivity contribution >= 4 is 0 Å². The van der Waals surface area contributed by atoms with Gasteiger partial charge in [-0.2, -0.15) is 0 Å². The van der Waals surface area contributed by atoms with Gasteiger partial charge in [0.15, 0.2) is 0 Å². The topological polar surface area (TPSA) is 20.2 Å². The number of aliphatic hydroxyl groups is 1. The van der Waals surface area contributed by atoms with E-state index in [0.717, 1.165) is 12.3 Å². The zero-order valence-electron chi connectivity index (χ0n) is 12.0. The molecule has 1 fully saturated rings. The Bertz CT molecular complexity index is 216. The molecule has 0 saturated heterocycles. The summed E-state index contributed by atoms with van der Waals surface area (Å²) in [6.07, 6.45) is 3.47. The molecule has 0 aromatic heterocycles. The van der Waals surface area contributed by atoms with Crippen molar-refractivity contribution in [3.63, 3.8) is 0 Å². The zero-order valence-corrected chi connectivity index (χ0v) is 12.0. The van der Waals surface area contributed by atoms with Crippen LogP contribution in [0.1, 0.15) is 60.8 Å². The Balaban J connectivity index is 2.78. The average Bonchev–Trinajstić information content (AvgIpc) is 2.18. The molecule has 1 saturated carbocycles. The Kier molecular flexibility index (Phi) is 4.45. The quantitative estimate of drug-likeness (QED) is 0.751. The van der Waals surface area contributed by atoms with Crippen molar-refractivity contribution in [3.8, 4) is 0 Å². The summed E-state index contributed by atoms with van der Waals surface area (Å²) in [7, 11) is 0. The number of aliphatic hydroxyl groups excluding tert-OH is 1. The van der Waals surface area contributed by atoms with E-state index in [1.807, 2.05) is 0 Å². The van der Waals surface area contributed by atoms with Crippen molar-refractivity contribution in [2.75, 3.05) is 0 Å². The fourth-order valence-corrected chi connectivity index (χ4v) is 3.26. The van der Waals surface area contributed by atoms with Gasteiger partial charge in [-0.05, 0) is 41.9 Å². The molecular weight excluding hydrogens is 196 g/mol. The van der Waals surface area contributed by atoms with Crippen LogP contribution in [0, 0.1) is 29.1 Å². The van der Waals surface area contributed by atoms with E-state index in [9.17, 15) is 5.11 Å². The van der Waals surface area contributed by atoms with Gasteiger partial charge in [-0.1, -0.05) is 48.0 Å². The van der Waals surface area contributed by atoms with Crippen molar-refractivity contribution < 1.29 is 5.11 Å². The van der Waals surface area contributed by atoms with Gasteiger partial charge in [0.2, 0.25) is 0 Å². The summed E-state index contributed by atoms with van der Waals surface area (Å²) in [6, 6.07) is 0. The summed E-state index contributed by atoms with van der Waals surface area (Å²) in [5.41, 5.74) is 0.307. The second-order valence-electron chi connectivity index (χ2n) is 7.05.